The van der Waals surface area contributed by atoms with E-state index in [-0.39, 0.29) is 24.4 Å². The number of rotatable bonds is 5. The molecule has 0 unspecified atom stereocenters. The van der Waals surface area contributed by atoms with Crippen LogP contribution in [0, 0.1) is 6.92 Å². The molecule has 2 aliphatic rings. The van der Waals surface area contributed by atoms with Crippen molar-refractivity contribution in [3.8, 4) is 11.1 Å². The van der Waals surface area contributed by atoms with E-state index in [4.69, 9.17) is 5.73 Å². The Kier molecular flexibility index (Phi) is 5.67. The molecular weight excluding hydrogens is 366 g/mol. The maximum absolute atomic E-state index is 12.8. The average Bonchev–Trinajstić information content (AvgIpc) is 3.36. The molecule has 4 rings (SSSR count). The minimum Gasteiger partial charge on any atom is -0.368 e. The normalized spacial score (nSPS) is 20.9. The van der Waals surface area contributed by atoms with E-state index in [0.29, 0.717) is 6.04 Å². The molecule has 154 valence electrons. The zero-order valence-corrected chi connectivity index (χ0v) is 17.0. The molecule has 1 atom stereocenters. The molecule has 0 spiro atoms. The van der Waals surface area contributed by atoms with Crippen LogP contribution in [-0.2, 0) is 16.1 Å². The Morgan fingerprint density at radius 1 is 1.10 bits per heavy atom. The van der Waals surface area contributed by atoms with E-state index in [1.807, 2.05) is 36.2 Å². The number of carbonyl (C=O) groups excluding carboxylic acids is 2. The van der Waals surface area contributed by atoms with Crippen LogP contribution >= 0.6 is 0 Å². The lowest BCUT2D eigenvalue weighted by molar-refractivity contribution is -0.134. The lowest BCUT2D eigenvalue weighted by Crippen LogP contribution is -2.51. The van der Waals surface area contributed by atoms with Crippen molar-refractivity contribution in [3.63, 3.8) is 0 Å². The van der Waals surface area contributed by atoms with Crippen molar-refractivity contribution in [2.24, 2.45) is 5.73 Å². The number of hydrogen-bond donors (Lipinski definition) is 1. The topological polar surface area (TPSA) is 84.5 Å². The van der Waals surface area contributed by atoms with Crippen molar-refractivity contribution in [3.05, 3.63) is 42.2 Å². The molecule has 2 N–H and O–H groups in total. The number of nitrogens with zero attached hydrogens (tertiary/aromatic N) is 4. The standard InChI is InChI=1S/C22H29N5O2/c1-16-19(17-6-3-2-4-7-17)14-26(24-16)15-21(28)25-12-9-18(10-13-25)27-11-5-8-20(27)22(23)29/h2-4,6-7,14,18,20H,5,8-13,15H2,1H3,(H2,23,29)/t20-/m1/s1. The number of nitrogens with two attached hydrogens (primary N) is 1. The van der Waals surface area contributed by atoms with Gasteiger partial charge in [0.25, 0.3) is 0 Å². The van der Waals surface area contributed by atoms with Gasteiger partial charge in [-0.3, -0.25) is 19.2 Å². The number of aryl methyl sites for hydroxylation is 1. The summed E-state index contributed by atoms with van der Waals surface area (Å²) in [5.41, 5.74) is 8.65. The van der Waals surface area contributed by atoms with Gasteiger partial charge in [-0.1, -0.05) is 30.3 Å². The van der Waals surface area contributed by atoms with E-state index < -0.39 is 0 Å². The van der Waals surface area contributed by atoms with Gasteiger partial charge in [-0.15, -0.1) is 0 Å². The van der Waals surface area contributed by atoms with Crippen molar-refractivity contribution >= 4 is 11.8 Å². The van der Waals surface area contributed by atoms with E-state index >= 15 is 0 Å². The molecule has 2 aromatic rings. The lowest BCUT2D eigenvalue weighted by Gasteiger charge is -2.38. The Bertz CT molecular complexity index is 871. The molecule has 29 heavy (non-hydrogen) atoms. The summed E-state index contributed by atoms with van der Waals surface area (Å²) in [5, 5.41) is 4.54. The summed E-state index contributed by atoms with van der Waals surface area (Å²) >= 11 is 0. The van der Waals surface area contributed by atoms with Gasteiger partial charge in [0.15, 0.2) is 0 Å². The van der Waals surface area contributed by atoms with Gasteiger partial charge in [-0.2, -0.15) is 5.10 Å². The maximum Gasteiger partial charge on any atom is 0.244 e. The molecule has 7 nitrogen and oxygen atoms in total. The predicted molar refractivity (Wildman–Crippen MR) is 111 cm³/mol. The zero-order chi connectivity index (χ0) is 20.4. The van der Waals surface area contributed by atoms with Crippen LogP contribution in [0.4, 0.5) is 0 Å². The number of amides is 2. The smallest absolute Gasteiger partial charge is 0.244 e. The molecule has 1 aromatic carbocycles. The van der Waals surface area contributed by atoms with Gasteiger partial charge in [-0.05, 0) is 44.7 Å². The van der Waals surface area contributed by atoms with E-state index in [1.165, 1.54) is 0 Å². The summed E-state index contributed by atoms with van der Waals surface area (Å²) in [4.78, 5) is 28.6. The second kappa shape index (κ2) is 8.37. The van der Waals surface area contributed by atoms with Crippen molar-refractivity contribution in [1.29, 1.82) is 0 Å². The van der Waals surface area contributed by atoms with Crippen LogP contribution in [-0.4, -0.2) is 63.1 Å². The highest BCUT2D eigenvalue weighted by molar-refractivity contribution is 5.80. The van der Waals surface area contributed by atoms with Gasteiger partial charge in [-0.25, -0.2) is 0 Å². The van der Waals surface area contributed by atoms with E-state index in [1.54, 1.807) is 4.68 Å². The van der Waals surface area contributed by atoms with Crippen LogP contribution in [0.2, 0.25) is 0 Å². The molecule has 0 saturated carbocycles. The minimum absolute atomic E-state index is 0.0958. The summed E-state index contributed by atoms with van der Waals surface area (Å²) < 4.78 is 1.75. The quantitative estimate of drug-likeness (QED) is 0.837. The summed E-state index contributed by atoms with van der Waals surface area (Å²) in [6, 6.07) is 10.3. The highest BCUT2D eigenvalue weighted by Crippen LogP contribution is 2.26. The fraction of sp³-hybridized carbons (Fsp3) is 0.500. The van der Waals surface area contributed by atoms with Gasteiger partial charge in [0.1, 0.15) is 6.54 Å². The van der Waals surface area contributed by atoms with Gasteiger partial charge < -0.3 is 10.6 Å². The third-order valence-electron chi connectivity index (χ3n) is 6.24. The number of primary amides is 1. The number of aromatic nitrogens is 2. The Balaban J connectivity index is 1.34. The summed E-state index contributed by atoms with van der Waals surface area (Å²) in [7, 11) is 0. The first-order valence-corrected chi connectivity index (χ1v) is 10.4. The molecular formula is C22H29N5O2. The van der Waals surface area contributed by atoms with E-state index in [0.717, 1.165) is 62.1 Å². The molecule has 1 aromatic heterocycles. The molecule has 3 heterocycles. The van der Waals surface area contributed by atoms with E-state index in [9.17, 15) is 9.59 Å². The van der Waals surface area contributed by atoms with Gasteiger partial charge in [0, 0.05) is 30.9 Å². The highest BCUT2D eigenvalue weighted by atomic mass is 16.2. The molecule has 7 heteroatoms. The molecule has 0 aliphatic carbocycles. The first kappa shape index (κ1) is 19.6. The molecule has 2 fully saturated rings. The Morgan fingerprint density at radius 2 is 1.83 bits per heavy atom. The SMILES string of the molecule is Cc1nn(CC(=O)N2CCC(N3CCC[C@@H]3C(N)=O)CC2)cc1-c1ccccc1. The van der Waals surface area contributed by atoms with Crippen LogP contribution < -0.4 is 5.73 Å². The van der Waals surface area contributed by atoms with Crippen LogP contribution in [0.25, 0.3) is 11.1 Å². The Hall–Kier alpha value is -2.67. The van der Waals surface area contributed by atoms with Crippen molar-refractivity contribution in [2.75, 3.05) is 19.6 Å². The molecule has 0 radical (unpaired) electrons. The number of benzene rings is 1. The van der Waals surface area contributed by atoms with E-state index in [2.05, 4.69) is 22.1 Å². The van der Waals surface area contributed by atoms with Crippen LogP contribution in [0.1, 0.15) is 31.4 Å². The molecule has 2 amide bonds. The van der Waals surface area contributed by atoms with Crippen molar-refractivity contribution in [2.45, 2.75) is 51.2 Å². The van der Waals surface area contributed by atoms with Crippen LogP contribution in [0.5, 0.6) is 0 Å². The Labute approximate surface area is 171 Å². The fourth-order valence-electron chi connectivity index (χ4n) is 4.72. The number of hydrogen-bond acceptors (Lipinski definition) is 4. The number of likely N-dealkylation sites (tertiary alicyclic amines) is 2. The summed E-state index contributed by atoms with van der Waals surface area (Å²) in [6.07, 6.45) is 5.62. The largest absolute Gasteiger partial charge is 0.368 e. The van der Waals surface area contributed by atoms with Gasteiger partial charge in [0.05, 0.1) is 11.7 Å². The Morgan fingerprint density at radius 3 is 2.52 bits per heavy atom. The average molecular weight is 396 g/mol. The summed E-state index contributed by atoms with van der Waals surface area (Å²) in [5.74, 6) is -0.122. The van der Waals surface area contributed by atoms with Crippen molar-refractivity contribution in [1.82, 2.24) is 19.6 Å². The second-order valence-corrected chi connectivity index (χ2v) is 8.10. The third-order valence-corrected chi connectivity index (χ3v) is 6.24. The first-order valence-electron chi connectivity index (χ1n) is 10.4. The second-order valence-electron chi connectivity index (χ2n) is 8.10. The highest BCUT2D eigenvalue weighted by Gasteiger charge is 2.36. The first-order chi connectivity index (χ1) is 14.0. The number of carbonyl (C=O) groups is 2. The van der Waals surface area contributed by atoms with Crippen molar-refractivity contribution < 1.29 is 9.59 Å². The number of piperidine rings is 1. The molecule has 2 saturated heterocycles. The third kappa shape index (κ3) is 4.19. The summed E-state index contributed by atoms with van der Waals surface area (Å²) in [6.45, 7) is 4.60. The zero-order valence-electron chi connectivity index (χ0n) is 17.0. The maximum atomic E-state index is 12.8. The predicted octanol–water partition coefficient (Wildman–Crippen LogP) is 1.80. The fourth-order valence-corrected chi connectivity index (χ4v) is 4.72. The van der Waals surface area contributed by atoms with Gasteiger partial charge in [0.2, 0.25) is 11.8 Å². The minimum atomic E-state index is -0.218. The van der Waals surface area contributed by atoms with Crippen LogP contribution in [0.15, 0.2) is 36.5 Å². The molecule has 2 aliphatic heterocycles. The van der Waals surface area contributed by atoms with Gasteiger partial charge >= 0.3 is 0 Å². The lowest BCUT2D eigenvalue weighted by atomic mass is 10.0. The van der Waals surface area contributed by atoms with Crippen LogP contribution in [0.3, 0.4) is 0 Å². The molecule has 0 bridgehead atoms. The monoisotopic (exact) mass is 395 g/mol.